The maximum atomic E-state index is 12.1. The van der Waals surface area contributed by atoms with E-state index in [1.165, 1.54) is 11.8 Å². The van der Waals surface area contributed by atoms with Crippen LogP contribution in [0.5, 0.6) is 5.75 Å². The van der Waals surface area contributed by atoms with E-state index in [1.54, 1.807) is 7.11 Å². The predicted molar refractivity (Wildman–Crippen MR) is 94.5 cm³/mol. The highest BCUT2D eigenvalue weighted by molar-refractivity contribution is 8.16. The Morgan fingerprint density at radius 1 is 1.25 bits per heavy atom. The van der Waals surface area contributed by atoms with Gasteiger partial charge in [-0.1, -0.05) is 11.8 Å². The number of fused-ring (bicyclic) bond motifs is 1. The zero-order valence-electron chi connectivity index (χ0n) is 13.2. The number of ether oxygens (including phenoxy) is 1. The number of hydrogen-bond acceptors (Lipinski definition) is 5. The summed E-state index contributed by atoms with van der Waals surface area (Å²) in [5, 5.41) is 0.560. The van der Waals surface area contributed by atoms with E-state index in [-0.39, 0.29) is 34.6 Å². The van der Waals surface area contributed by atoms with Gasteiger partial charge in [0.05, 0.1) is 24.7 Å². The molecule has 0 spiro atoms. The number of benzene rings is 1. The van der Waals surface area contributed by atoms with Crippen molar-refractivity contribution < 1.29 is 17.9 Å². The van der Waals surface area contributed by atoms with Crippen LogP contribution in [0, 0.1) is 5.92 Å². The Morgan fingerprint density at radius 2 is 1.96 bits per heavy atom. The molecule has 1 aliphatic carbocycles. The molecule has 2 heterocycles. The van der Waals surface area contributed by atoms with Gasteiger partial charge in [-0.3, -0.25) is 4.79 Å². The lowest BCUT2D eigenvalue weighted by Gasteiger charge is -2.24. The summed E-state index contributed by atoms with van der Waals surface area (Å²) in [6.07, 6.45) is 1.81. The largest absolute Gasteiger partial charge is 0.497 e. The van der Waals surface area contributed by atoms with Gasteiger partial charge >= 0.3 is 0 Å². The second-order valence-corrected chi connectivity index (χ2v) is 9.74. The highest BCUT2D eigenvalue weighted by atomic mass is 32.2. The zero-order valence-corrected chi connectivity index (χ0v) is 14.8. The Bertz CT molecular complexity index is 800. The highest BCUT2D eigenvalue weighted by Gasteiger charge is 2.49. The number of methoxy groups -OCH3 is 1. The summed E-state index contributed by atoms with van der Waals surface area (Å²) in [6.45, 7) is 0. The van der Waals surface area contributed by atoms with Gasteiger partial charge in [-0.25, -0.2) is 8.42 Å². The highest BCUT2D eigenvalue weighted by Crippen LogP contribution is 2.42. The van der Waals surface area contributed by atoms with E-state index in [0.29, 0.717) is 5.17 Å². The summed E-state index contributed by atoms with van der Waals surface area (Å²) in [7, 11) is -1.44. The van der Waals surface area contributed by atoms with E-state index in [1.807, 2.05) is 29.2 Å². The molecule has 2 aliphatic heterocycles. The van der Waals surface area contributed by atoms with Crippen LogP contribution in [0.1, 0.15) is 12.8 Å². The molecule has 1 aromatic rings. The first-order chi connectivity index (χ1) is 11.5. The Morgan fingerprint density at radius 3 is 2.58 bits per heavy atom. The lowest BCUT2D eigenvalue weighted by molar-refractivity contribution is -0.118. The van der Waals surface area contributed by atoms with Crippen LogP contribution in [0.3, 0.4) is 0 Å². The molecule has 3 aliphatic rings. The number of carbonyl (C=O) groups excluding carboxylic acids is 1. The number of sulfone groups is 1. The fourth-order valence-corrected chi connectivity index (χ4v) is 7.04. The van der Waals surface area contributed by atoms with Gasteiger partial charge in [0.15, 0.2) is 15.0 Å². The third-order valence-electron chi connectivity index (χ3n) is 4.55. The Balaban J connectivity index is 1.69. The van der Waals surface area contributed by atoms with Crippen molar-refractivity contribution in [2.24, 2.45) is 10.9 Å². The lowest BCUT2D eigenvalue weighted by atomic mass is 10.2. The summed E-state index contributed by atoms with van der Waals surface area (Å²) in [5.41, 5.74) is 0.843. The normalized spacial score (nSPS) is 29.7. The van der Waals surface area contributed by atoms with E-state index in [9.17, 15) is 13.2 Å². The number of amides is 1. The summed E-state index contributed by atoms with van der Waals surface area (Å²) in [5.74, 6) is 0.950. The summed E-state index contributed by atoms with van der Waals surface area (Å²) in [6, 6.07) is 7.25. The Hall–Kier alpha value is -1.54. The molecule has 0 aromatic heterocycles. The summed E-state index contributed by atoms with van der Waals surface area (Å²) in [4.78, 5) is 18.3. The molecule has 0 unspecified atom stereocenters. The first-order valence-electron chi connectivity index (χ1n) is 7.90. The molecular formula is C16H18N2O4S2. The molecule has 4 rings (SSSR count). The molecule has 8 heteroatoms. The van der Waals surface area contributed by atoms with E-state index in [2.05, 4.69) is 4.99 Å². The van der Waals surface area contributed by atoms with E-state index in [0.717, 1.165) is 24.3 Å². The molecular weight excluding hydrogens is 348 g/mol. The molecule has 0 N–H and O–H groups in total. The Kier molecular flexibility index (Phi) is 3.84. The van der Waals surface area contributed by atoms with Crippen LogP contribution >= 0.6 is 11.8 Å². The van der Waals surface area contributed by atoms with Gasteiger partial charge in [-0.05, 0) is 37.1 Å². The fraction of sp³-hybridized carbons (Fsp3) is 0.500. The second kappa shape index (κ2) is 5.77. The Labute approximate surface area is 145 Å². The average Bonchev–Trinajstić information content (AvgIpc) is 3.28. The SMILES string of the molecule is COc1ccc(N2C(=NC(=O)C3CC3)S[C@H]3CS(=O)(=O)C[C@H]32)cc1. The van der Waals surface area contributed by atoms with Crippen LogP contribution in [0.15, 0.2) is 29.3 Å². The molecule has 6 nitrogen and oxygen atoms in total. The summed E-state index contributed by atoms with van der Waals surface area (Å²) < 4.78 is 29.2. The molecule has 2 saturated heterocycles. The quantitative estimate of drug-likeness (QED) is 0.811. The van der Waals surface area contributed by atoms with Crippen molar-refractivity contribution in [1.82, 2.24) is 0 Å². The zero-order chi connectivity index (χ0) is 16.9. The number of aliphatic imine (C=N–C) groups is 1. The number of amidine groups is 1. The molecule has 1 saturated carbocycles. The van der Waals surface area contributed by atoms with Crippen molar-refractivity contribution in [2.45, 2.75) is 24.1 Å². The monoisotopic (exact) mass is 366 g/mol. The van der Waals surface area contributed by atoms with Gasteiger partial charge in [0.25, 0.3) is 5.91 Å². The molecule has 24 heavy (non-hydrogen) atoms. The minimum absolute atomic E-state index is 0.0555. The van der Waals surface area contributed by atoms with Crippen LogP contribution in [0.4, 0.5) is 5.69 Å². The van der Waals surface area contributed by atoms with Gasteiger partial charge in [-0.2, -0.15) is 4.99 Å². The van der Waals surface area contributed by atoms with E-state index < -0.39 is 9.84 Å². The standard InChI is InChI=1S/C16H18N2O4S2/c1-22-12-6-4-11(5-7-12)18-13-8-24(20,21)9-14(13)23-16(18)17-15(19)10-2-3-10/h4-7,10,13-14H,2-3,8-9H2,1H3/t13-,14+/m1/s1. The smallest absolute Gasteiger partial charge is 0.251 e. The number of hydrogen-bond donors (Lipinski definition) is 0. The number of rotatable bonds is 3. The molecule has 0 bridgehead atoms. The minimum atomic E-state index is -3.04. The van der Waals surface area contributed by atoms with Crippen molar-refractivity contribution in [2.75, 3.05) is 23.5 Å². The van der Waals surface area contributed by atoms with Crippen LogP contribution in [0.25, 0.3) is 0 Å². The third-order valence-corrected chi connectivity index (χ3v) is 7.76. The van der Waals surface area contributed by atoms with Crippen molar-refractivity contribution in [3.05, 3.63) is 24.3 Å². The van der Waals surface area contributed by atoms with Crippen LogP contribution < -0.4 is 9.64 Å². The molecule has 128 valence electrons. The predicted octanol–water partition coefficient (Wildman–Crippen LogP) is 1.71. The van der Waals surface area contributed by atoms with Crippen molar-refractivity contribution >= 4 is 38.4 Å². The van der Waals surface area contributed by atoms with Gasteiger partial charge in [0, 0.05) is 16.9 Å². The molecule has 1 amide bonds. The molecule has 3 fully saturated rings. The van der Waals surface area contributed by atoms with Crippen molar-refractivity contribution in [3.63, 3.8) is 0 Å². The number of nitrogens with zero attached hydrogens (tertiary/aromatic N) is 2. The topological polar surface area (TPSA) is 76.0 Å². The van der Waals surface area contributed by atoms with Gasteiger partial charge in [0.1, 0.15) is 5.75 Å². The lowest BCUT2D eigenvalue weighted by Crippen LogP contribution is -2.37. The minimum Gasteiger partial charge on any atom is -0.497 e. The number of carbonyl (C=O) groups is 1. The van der Waals surface area contributed by atoms with Gasteiger partial charge in [0.2, 0.25) is 0 Å². The molecule has 1 aromatic carbocycles. The third kappa shape index (κ3) is 2.93. The molecule has 2 atom stereocenters. The van der Waals surface area contributed by atoms with Gasteiger partial charge in [-0.15, -0.1) is 0 Å². The molecule has 0 radical (unpaired) electrons. The fourth-order valence-electron chi connectivity index (χ4n) is 3.13. The van der Waals surface area contributed by atoms with Crippen LogP contribution in [0.2, 0.25) is 0 Å². The first kappa shape index (κ1) is 16.0. The number of thioether (sulfide) groups is 1. The van der Waals surface area contributed by atoms with E-state index in [4.69, 9.17) is 4.74 Å². The van der Waals surface area contributed by atoms with E-state index >= 15 is 0 Å². The van der Waals surface area contributed by atoms with Gasteiger partial charge < -0.3 is 9.64 Å². The van der Waals surface area contributed by atoms with Crippen LogP contribution in [-0.4, -0.2) is 49.4 Å². The van der Waals surface area contributed by atoms with Crippen molar-refractivity contribution in [3.8, 4) is 5.75 Å². The first-order valence-corrected chi connectivity index (χ1v) is 10.6. The average molecular weight is 366 g/mol. The van der Waals surface area contributed by atoms with Crippen molar-refractivity contribution in [1.29, 1.82) is 0 Å². The maximum absolute atomic E-state index is 12.1. The van der Waals surface area contributed by atoms with Crippen LogP contribution in [-0.2, 0) is 14.6 Å². The maximum Gasteiger partial charge on any atom is 0.251 e. The number of anilines is 1. The summed E-state index contributed by atoms with van der Waals surface area (Å²) >= 11 is 1.41. The second-order valence-electron chi connectivity index (χ2n) is 6.38.